The second-order valence-corrected chi connectivity index (χ2v) is 8.71. The highest BCUT2D eigenvalue weighted by Crippen LogP contribution is 2.43. The van der Waals surface area contributed by atoms with E-state index in [2.05, 4.69) is 45.4 Å². The lowest BCUT2D eigenvalue weighted by Gasteiger charge is -2.55. The van der Waals surface area contributed by atoms with E-state index in [0.717, 1.165) is 45.0 Å². The van der Waals surface area contributed by atoms with E-state index >= 15 is 0 Å². The first kappa shape index (κ1) is 18.6. The molecule has 0 saturated carbocycles. The van der Waals surface area contributed by atoms with Crippen LogP contribution in [0.5, 0.6) is 5.75 Å². The number of amides is 1. The minimum atomic E-state index is -0.0329. The Hall–Kier alpha value is -2.37. The quantitative estimate of drug-likeness (QED) is 0.820. The molecule has 0 spiro atoms. The van der Waals surface area contributed by atoms with Gasteiger partial charge in [0.15, 0.2) is 0 Å². The van der Waals surface area contributed by atoms with E-state index in [4.69, 9.17) is 4.74 Å². The molecule has 4 aliphatic rings. The summed E-state index contributed by atoms with van der Waals surface area (Å²) in [5.74, 6) is 1.38. The van der Waals surface area contributed by atoms with Gasteiger partial charge in [-0.25, -0.2) is 0 Å². The zero-order chi connectivity index (χ0) is 19.7. The van der Waals surface area contributed by atoms with Crippen LogP contribution in [-0.4, -0.2) is 67.6 Å². The number of nitrogens with one attached hydrogen (secondary N) is 1. The van der Waals surface area contributed by atoms with Crippen molar-refractivity contribution in [3.05, 3.63) is 66.2 Å². The number of piperidine rings is 2. The molecule has 4 bridgehead atoms. The number of rotatable bonds is 6. The Bertz CT molecular complexity index is 826. The van der Waals surface area contributed by atoms with Crippen LogP contribution in [0.25, 0.3) is 0 Å². The Morgan fingerprint density at radius 2 is 1.59 bits per heavy atom. The fraction of sp³-hybridized carbons (Fsp3) is 0.458. The molecule has 0 aliphatic carbocycles. The predicted molar refractivity (Wildman–Crippen MR) is 113 cm³/mol. The molecular weight excluding hydrogens is 362 g/mol. The maximum absolute atomic E-state index is 12.9. The molecule has 2 aromatic rings. The average Bonchev–Trinajstić information content (AvgIpc) is 3.00. The van der Waals surface area contributed by atoms with E-state index in [-0.39, 0.29) is 17.4 Å². The number of para-hydroxylation sites is 1. The summed E-state index contributed by atoms with van der Waals surface area (Å²) in [6.45, 7) is 6.88. The molecule has 6 rings (SSSR count). The van der Waals surface area contributed by atoms with Gasteiger partial charge in [0.1, 0.15) is 5.75 Å². The van der Waals surface area contributed by atoms with Gasteiger partial charge >= 0.3 is 0 Å². The number of carbonyl (C=O) groups excluding carboxylic acids is 1. The number of hydrogen-bond acceptors (Lipinski definition) is 4. The number of fused-ring (bicyclic) bond motifs is 1. The van der Waals surface area contributed by atoms with Gasteiger partial charge in [-0.3, -0.25) is 4.79 Å². The van der Waals surface area contributed by atoms with Gasteiger partial charge in [0, 0.05) is 56.6 Å². The van der Waals surface area contributed by atoms with Crippen molar-refractivity contribution in [1.29, 1.82) is 0 Å². The van der Waals surface area contributed by atoms with Crippen molar-refractivity contribution in [3.63, 3.8) is 0 Å². The second kappa shape index (κ2) is 7.81. The fourth-order valence-electron chi connectivity index (χ4n) is 5.59. The van der Waals surface area contributed by atoms with E-state index in [1.165, 1.54) is 5.56 Å². The maximum atomic E-state index is 12.9. The third-order valence-corrected chi connectivity index (χ3v) is 6.80. The van der Waals surface area contributed by atoms with E-state index in [0.29, 0.717) is 18.9 Å². The molecule has 0 radical (unpaired) electrons. The van der Waals surface area contributed by atoms with Crippen molar-refractivity contribution in [2.75, 3.05) is 45.9 Å². The topological polar surface area (TPSA) is 44.8 Å². The number of benzene rings is 2. The number of carbonyl (C=O) groups is 1. The fourth-order valence-corrected chi connectivity index (χ4v) is 5.59. The second-order valence-electron chi connectivity index (χ2n) is 8.71. The molecule has 4 heterocycles. The molecule has 152 valence electrons. The van der Waals surface area contributed by atoms with E-state index in [1.54, 1.807) is 0 Å². The van der Waals surface area contributed by atoms with Gasteiger partial charge in [-0.05, 0) is 17.7 Å². The van der Waals surface area contributed by atoms with Crippen molar-refractivity contribution in [1.82, 2.24) is 15.1 Å². The average molecular weight is 392 g/mol. The van der Waals surface area contributed by atoms with E-state index in [1.807, 2.05) is 30.3 Å². The normalized spacial score (nSPS) is 32.6. The molecule has 0 aromatic heterocycles. The summed E-state index contributed by atoms with van der Waals surface area (Å²) >= 11 is 0. The Balaban J connectivity index is 1.32. The van der Waals surface area contributed by atoms with Gasteiger partial charge in [0.05, 0.1) is 13.0 Å². The molecule has 4 fully saturated rings. The van der Waals surface area contributed by atoms with Gasteiger partial charge in [-0.2, -0.15) is 0 Å². The Morgan fingerprint density at radius 3 is 2.24 bits per heavy atom. The smallest absolute Gasteiger partial charge is 0.223 e. The molecule has 29 heavy (non-hydrogen) atoms. The summed E-state index contributed by atoms with van der Waals surface area (Å²) in [6.07, 6.45) is 0.385. The number of ether oxygens (including phenoxy) is 1. The maximum Gasteiger partial charge on any atom is 0.223 e. The van der Waals surface area contributed by atoms with Crippen LogP contribution in [0.1, 0.15) is 12.0 Å². The van der Waals surface area contributed by atoms with Crippen molar-refractivity contribution >= 4 is 5.91 Å². The van der Waals surface area contributed by atoms with E-state index in [9.17, 15) is 4.79 Å². The minimum absolute atomic E-state index is 0.0329. The molecule has 5 nitrogen and oxygen atoms in total. The highest BCUT2D eigenvalue weighted by molar-refractivity contribution is 5.76. The van der Waals surface area contributed by atoms with Crippen LogP contribution < -0.4 is 10.1 Å². The number of hydrogen-bond donors (Lipinski definition) is 1. The molecule has 4 aliphatic heterocycles. The molecule has 2 aromatic carbocycles. The third-order valence-electron chi connectivity index (χ3n) is 6.80. The van der Waals surface area contributed by atoms with Crippen LogP contribution in [0, 0.1) is 5.92 Å². The van der Waals surface area contributed by atoms with Crippen molar-refractivity contribution in [2.45, 2.75) is 17.9 Å². The highest BCUT2D eigenvalue weighted by Gasteiger charge is 2.55. The van der Waals surface area contributed by atoms with Crippen LogP contribution in [0.15, 0.2) is 60.7 Å². The first-order valence-electron chi connectivity index (χ1n) is 10.7. The van der Waals surface area contributed by atoms with E-state index < -0.39 is 0 Å². The standard InChI is InChI=1S/C24H29N3O2/c28-22(11-14-29-21-9-5-2-6-10-21)25-23-19-15-26-12-13-27(16-19)18-24(23,17-26)20-7-3-1-4-8-20/h1-10,19,23H,11-18H2,(H,25,28)/t19?,23-,24?/m0/s1. The Morgan fingerprint density at radius 1 is 0.966 bits per heavy atom. The Kier molecular flexibility index (Phi) is 5.02. The third kappa shape index (κ3) is 3.65. The SMILES string of the molecule is O=C(CCOc1ccccc1)N[C@H]1C2CN3CCN(C2)CC1(c1ccccc1)C3. The van der Waals surface area contributed by atoms with Gasteiger partial charge in [0.25, 0.3) is 0 Å². The summed E-state index contributed by atoms with van der Waals surface area (Å²) in [7, 11) is 0. The van der Waals surface area contributed by atoms with Crippen molar-refractivity contribution in [2.24, 2.45) is 5.92 Å². The molecule has 2 unspecified atom stereocenters. The molecule has 1 N–H and O–H groups in total. The highest BCUT2D eigenvalue weighted by atomic mass is 16.5. The lowest BCUT2D eigenvalue weighted by molar-refractivity contribution is -0.125. The molecule has 3 atom stereocenters. The summed E-state index contributed by atoms with van der Waals surface area (Å²) < 4.78 is 5.74. The molecule has 4 saturated heterocycles. The minimum Gasteiger partial charge on any atom is -0.493 e. The van der Waals surface area contributed by atoms with Crippen LogP contribution in [-0.2, 0) is 10.2 Å². The van der Waals surface area contributed by atoms with Crippen molar-refractivity contribution < 1.29 is 9.53 Å². The Labute approximate surface area is 172 Å². The van der Waals surface area contributed by atoms with Gasteiger partial charge in [-0.1, -0.05) is 48.5 Å². The summed E-state index contributed by atoms with van der Waals surface area (Å²) in [4.78, 5) is 18.1. The van der Waals surface area contributed by atoms with Crippen LogP contribution >= 0.6 is 0 Å². The first-order chi connectivity index (χ1) is 14.2. The van der Waals surface area contributed by atoms with Gasteiger partial charge in [-0.15, -0.1) is 0 Å². The van der Waals surface area contributed by atoms with Gasteiger partial charge in [0.2, 0.25) is 5.91 Å². The largest absolute Gasteiger partial charge is 0.493 e. The zero-order valence-electron chi connectivity index (χ0n) is 16.8. The van der Waals surface area contributed by atoms with Crippen LogP contribution in [0.3, 0.4) is 0 Å². The summed E-state index contributed by atoms with van der Waals surface area (Å²) in [6, 6.07) is 20.7. The monoisotopic (exact) mass is 391 g/mol. The van der Waals surface area contributed by atoms with Crippen LogP contribution in [0.4, 0.5) is 0 Å². The zero-order valence-corrected chi connectivity index (χ0v) is 16.8. The first-order valence-corrected chi connectivity index (χ1v) is 10.7. The summed E-state index contributed by atoms with van der Waals surface area (Å²) in [5, 5.41) is 3.44. The van der Waals surface area contributed by atoms with Crippen LogP contribution in [0.2, 0.25) is 0 Å². The lowest BCUT2D eigenvalue weighted by atomic mass is 9.64. The summed E-state index contributed by atoms with van der Waals surface area (Å²) in [5.41, 5.74) is 1.32. The molecule has 5 heteroatoms. The number of nitrogens with zero attached hydrogens (tertiary/aromatic N) is 2. The molecule has 1 amide bonds. The van der Waals surface area contributed by atoms with Crippen molar-refractivity contribution in [3.8, 4) is 5.75 Å². The molecular formula is C24H29N3O2. The predicted octanol–water partition coefficient (Wildman–Crippen LogP) is 2.14. The lowest BCUT2D eigenvalue weighted by Crippen LogP contribution is -2.70. The van der Waals surface area contributed by atoms with Gasteiger partial charge < -0.3 is 19.9 Å².